The molecule has 2 aliphatic carbocycles. The Morgan fingerprint density at radius 3 is 2.72 bits per heavy atom. The summed E-state index contributed by atoms with van der Waals surface area (Å²) in [5.74, 6) is -0.937. The molecule has 2 aliphatic rings. The zero-order chi connectivity index (χ0) is 12.7. The van der Waals surface area contributed by atoms with Crippen molar-refractivity contribution in [2.45, 2.75) is 25.7 Å². The smallest absolute Gasteiger partial charge is 0.239 e. The number of aromatic nitrogens is 1. The molecule has 3 nitrogen and oxygen atoms in total. The molecule has 1 amide bonds. The van der Waals surface area contributed by atoms with E-state index in [4.69, 9.17) is 0 Å². The Morgan fingerprint density at radius 2 is 2.11 bits per heavy atom. The standard InChI is InChI=1S/C13H14F2N2O/c14-11-4-3-10(12(15)17-11)16-13(18)9-6-7-1-2-8(9)5-7/h3-4,7-9H,1-2,5-6H2,(H,16,18). The van der Waals surface area contributed by atoms with E-state index in [0.717, 1.165) is 25.3 Å². The number of carbonyl (C=O) groups excluding carboxylic acids is 1. The third kappa shape index (κ3) is 1.98. The van der Waals surface area contributed by atoms with Crippen molar-refractivity contribution >= 4 is 11.6 Å². The maximum atomic E-state index is 13.3. The largest absolute Gasteiger partial charge is 0.322 e. The van der Waals surface area contributed by atoms with Gasteiger partial charge in [-0.25, -0.2) is 0 Å². The molecular weight excluding hydrogens is 238 g/mol. The van der Waals surface area contributed by atoms with E-state index in [2.05, 4.69) is 10.3 Å². The van der Waals surface area contributed by atoms with Crippen molar-refractivity contribution in [2.75, 3.05) is 5.32 Å². The lowest BCUT2D eigenvalue weighted by molar-refractivity contribution is -0.121. The first-order valence-electron chi connectivity index (χ1n) is 6.26. The van der Waals surface area contributed by atoms with E-state index in [1.165, 1.54) is 12.5 Å². The zero-order valence-corrected chi connectivity index (χ0v) is 9.83. The first-order chi connectivity index (χ1) is 8.63. The zero-order valence-electron chi connectivity index (χ0n) is 9.83. The maximum absolute atomic E-state index is 13.3. The van der Waals surface area contributed by atoms with Gasteiger partial charge in [0.1, 0.15) is 0 Å². The predicted octanol–water partition coefficient (Wildman–Crippen LogP) is 2.73. The second-order valence-corrected chi connectivity index (χ2v) is 5.24. The molecule has 0 aliphatic heterocycles. The van der Waals surface area contributed by atoms with Crippen molar-refractivity contribution in [3.8, 4) is 0 Å². The second-order valence-electron chi connectivity index (χ2n) is 5.24. The average molecular weight is 252 g/mol. The third-order valence-electron chi connectivity index (χ3n) is 4.15. The fourth-order valence-electron chi connectivity index (χ4n) is 3.30. The quantitative estimate of drug-likeness (QED) is 0.822. The molecule has 3 rings (SSSR count). The molecule has 1 heterocycles. The van der Waals surface area contributed by atoms with Gasteiger partial charge in [0.15, 0.2) is 0 Å². The number of amides is 1. The van der Waals surface area contributed by atoms with Crippen molar-refractivity contribution in [1.82, 2.24) is 4.98 Å². The fourth-order valence-corrected chi connectivity index (χ4v) is 3.30. The second kappa shape index (κ2) is 4.30. The lowest BCUT2D eigenvalue weighted by Crippen LogP contribution is -2.27. The summed E-state index contributed by atoms with van der Waals surface area (Å²) in [5.41, 5.74) is -0.0378. The number of hydrogen-bond acceptors (Lipinski definition) is 2. The number of carbonyl (C=O) groups is 1. The normalized spacial score (nSPS) is 29.6. The summed E-state index contributed by atoms with van der Waals surface area (Å²) in [5, 5.41) is 2.52. The van der Waals surface area contributed by atoms with Crippen LogP contribution < -0.4 is 5.32 Å². The minimum Gasteiger partial charge on any atom is -0.322 e. The van der Waals surface area contributed by atoms with Gasteiger partial charge in [-0.1, -0.05) is 6.42 Å². The number of hydrogen-bond donors (Lipinski definition) is 1. The number of rotatable bonds is 2. The first kappa shape index (κ1) is 11.6. The Morgan fingerprint density at radius 1 is 1.28 bits per heavy atom. The van der Waals surface area contributed by atoms with Crippen LogP contribution in [0.3, 0.4) is 0 Å². The molecule has 0 aromatic carbocycles. The molecule has 18 heavy (non-hydrogen) atoms. The van der Waals surface area contributed by atoms with Crippen LogP contribution in [0.25, 0.3) is 0 Å². The highest BCUT2D eigenvalue weighted by atomic mass is 19.1. The predicted molar refractivity (Wildman–Crippen MR) is 61.7 cm³/mol. The van der Waals surface area contributed by atoms with Crippen LogP contribution in [-0.2, 0) is 4.79 Å². The van der Waals surface area contributed by atoms with Crippen LogP contribution in [-0.4, -0.2) is 10.9 Å². The molecule has 0 radical (unpaired) electrons. The van der Waals surface area contributed by atoms with Crippen molar-refractivity contribution in [3.63, 3.8) is 0 Å². The van der Waals surface area contributed by atoms with Gasteiger partial charge in [0.25, 0.3) is 0 Å². The fraction of sp³-hybridized carbons (Fsp3) is 0.538. The topological polar surface area (TPSA) is 42.0 Å². The molecule has 2 fully saturated rings. The molecular formula is C13H14F2N2O. The van der Waals surface area contributed by atoms with Gasteiger partial charge >= 0.3 is 0 Å². The molecule has 5 heteroatoms. The van der Waals surface area contributed by atoms with Gasteiger partial charge in [-0.3, -0.25) is 4.79 Å². The number of pyridine rings is 1. The first-order valence-corrected chi connectivity index (χ1v) is 6.26. The van der Waals surface area contributed by atoms with Crippen LogP contribution in [0.2, 0.25) is 0 Å². The van der Waals surface area contributed by atoms with Gasteiger partial charge in [0.2, 0.25) is 17.8 Å². The van der Waals surface area contributed by atoms with E-state index in [-0.39, 0.29) is 17.5 Å². The maximum Gasteiger partial charge on any atom is 0.239 e. The number of nitrogens with one attached hydrogen (secondary N) is 1. The van der Waals surface area contributed by atoms with Crippen LogP contribution in [0.15, 0.2) is 12.1 Å². The summed E-state index contributed by atoms with van der Waals surface area (Å²) in [7, 11) is 0. The van der Waals surface area contributed by atoms with E-state index in [1.807, 2.05) is 0 Å². The minimum atomic E-state index is -0.966. The lowest BCUT2D eigenvalue weighted by Gasteiger charge is -2.20. The molecule has 2 saturated carbocycles. The van der Waals surface area contributed by atoms with Gasteiger partial charge in [0, 0.05) is 5.92 Å². The van der Waals surface area contributed by atoms with E-state index >= 15 is 0 Å². The van der Waals surface area contributed by atoms with Crippen molar-refractivity contribution < 1.29 is 13.6 Å². The SMILES string of the molecule is O=C(Nc1ccc(F)nc1F)C1CC2CCC1C2. The summed E-state index contributed by atoms with van der Waals surface area (Å²) in [6.45, 7) is 0. The van der Waals surface area contributed by atoms with Crippen LogP contribution in [0, 0.1) is 29.6 Å². The number of nitrogens with zero attached hydrogens (tertiary/aromatic N) is 1. The average Bonchev–Trinajstić information content (AvgIpc) is 2.94. The Bertz CT molecular complexity index is 492. The Balaban J connectivity index is 1.71. The number of halogens is 2. The summed E-state index contributed by atoms with van der Waals surface area (Å²) in [6.07, 6.45) is 4.31. The highest BCUT2D eigenvalue weighted by Crippen LogP contribution is 2.48. The monoisotopic (exact) mass is 252 g/mol. The van der Waals surface area contributed by atoms with Crippen LogP contribution in [0.1, 0.15) is 25.7 Å². The van der Waals surface area contributed by atoms with E-state index < -0.39 is 11.9 Å². The van der Waals surface area contributed by atoms with E-state index in [9.17, 15) is 13.6 Å². The Hall–Kier alpha value is -1.52. The molecule has 0 spiro atoms. The van der Waals surface area contributed by atoms with Gasteiger partial charge < -0.3 is 5.32 Å². The van der Waals surface area contributed by atoms with E-state index in [1.54, 1.807) is 0 Å². The van der Waals surface area contributed by atoms with Crippen molar-refractivity contribution in [1.29, 1.82) is 0 Å². The summed E-state index contributed by atoms with van der Waals surface area (Å²) < 4.78 is 26.0. The van der Waals surface area contributed by atoms with Gasteiger partial charge in [-0.2, -0.15) is 13.8 Å². The molecule has 0 saturated heterocycles. The number of anilines is 1. The van der Waals surface area contributed by atoms with Gasteiger partial charge in [-0.15, -0.1) is 0 Å². The van der Waals surface area contributed by atoms with Crippen LogP contribution in [0.5, 0.6) is 0 Å². The summed E-state index contributed by atoms with van der Waals surface area (Å²) >= 11 is 0. The molecule has 1 N–H and O–H groups in total. The molecule has 2 bridgehead atoms. The molecule has 1 aromatic heterocycles. The highest BCUT2D eigenvalue weighted by molar-refractivity contribution is 5.93. The van der Waals surface area contributed by atoms with Crippen molar-refractivity contribution in [2.24, 2.45) is 17.8 Å². The van der Waals surface area contributed by atoms with Gasteiger partial charge in [-0.05, 0) is 43.2 Å². The summed E-state index contributed by atoms with van der Waals surface area (Å²) in [4.78, 5) is 15.1. The van der Waals surface area contributed by atoms with Crippen LogP contribution >= 0.6 is 0 Å². The molecule has 3 unspecified atom stereocenters. The Kier molecular flexibility index (Phi) is 2.76. The highest BCUT2D eigenvalue weighted by Gasteiger charge is 2.43. The molecule has 1 aromatic rings. The number of fused-ring (bicyclic) bond motifs is 2. The molecule has 96 valence electrons. The van der Waals surface area contributed by atoms with Gasteiger partial charge in [0.05, 0.1) is 5.69 Å². The lowest BCUT2D eigenvalue weighted by atomic mass is 9.88. The molecule has 3 atom stereocenters. The minimum absolute atomic E-state index is 0.0202. The van der Waals surface area contributed by atoms with Crippen molar-refractivity contribution in [3.05, 3.63) is 24.0 Å². The Labute approximate surface area is 104 Å². The van der Waals surface area contributed by atoms with E-state index in [0.29, 0.717) is 11.8 Å². The summed E-state index contributed by atoms with van der Waals surface area (Å²) in [6, 6.07) is 2.25. The van der Waals surface area contributed by atoms with Crippen LogP contribution in [0.4, 0.5) is 14.5 Å². The third-order valence-corrected chi connectivity index (χ3v) is 4.15.